The lowest BCUT2D eigenvalue weighted by atomic mass is 9.75. The molecule has 0 aromatic heterocycles. The van der Waals surface area contributed by atoms with E-state index in [0.717, 1.165) is 0 Å². The molecule has 0 fully saturated rings. The minimum absolute atomic E-state index is 0.00173. The molecule has 0 spiro atoms. The van der Waals surface area contributed by atoms with Crippen molar-refractivity contribution in [1.29, 1.82) is 0 Å². The zero-order chi connectivity index (χ0) is 62.4. The van der Waals surface area contributed by atoms with E-state index in [0.29, 0.717) is 0 Å². The Balaban J connectivity index is 1.31. The van der Waals surface area contributed by atoms with Crippen LogP contribution in [0.5, 0.6) is 0 Å². The lowest BCUT2D eigenvalue weighted by Crippen LogP contribution is -2.17. The Labute approximate surface area is 517 Å². The van der Waals surface area contributed by atoms with Crippen LogP contribution in [-0.4, -0.2) is 0 Å². The summed E-state index contributed by atoms with van der Waals surface area (Å²) in [6.45, 7) is 59.4. The molecule has 0 aliphatic heterocycles. The van der Waals surface area contributed by atoms with E-state index in [9.17, 15) is 0 Å². The van der Waals surface area contributed by atoms with E-state index in [1.54, 1.807) is 0 Å². The summed E-state index contributed by atoms with van der Waals surface area (Å²) in [5.74, 6) is 0. The molecule has 0 saturated carbocycles. The highest BCUT2D eigenvalue weighted by molar-refractivity contribution is 6.35. The van der Waals surface area contributed by atoms with Crippen LogP contribution in [0.2, 0.25) is 0 Å². The molecule has 440 valence electrons. The third kappa shape index (κ3) is 9.44. The van der Waals surface area contributed by atoms with Crippen molar-refractivity contribution in [2.75, 3.05) is 0 Å². The SMILES string of the molecule is Cc1cc(C(C)(C)C)cc(C)c1-c1c2c(c(-c3c(C)cc(C(C)(C)C)cc3C)c3cc(C(C)(C)C)ccc13)-c1ccc3c4c(ccc-2c14)-c1c-3c(-c2cc(C(C)(C)C)cc(C(C)(C)C)c2)c2ccccc2c1-c1cc(C(C)(C)C)cc(C(C)(C)C)c1. The van der Waals surface area contributed by atoms with Crippen molar-refractivity contribution in [2.24, 2.45) is 0 Å². The third-order valence-electron chi connectivity index (χ3n) is 19.8. The van der Waals surface area contributed by atoms with Gasteiger partial charge in [-0.15, -0.1) is 0 Å². The molecule has 0 amide bonds. The fourth-order valence-electron chi connectivity index (χ4n) is 14.8. The monoisotopic (exact) mass is 1130 g/mol. The van der Waals surface area contributed by atoms with Crippen molar-refractivity contribution in [3.8, 4) is 89.0 Å². The van der Waals surface area contributed by atoms with Gasteiger partial charge in [-0.2, -0.15) is 0 Å². The van der Waals surface area contributed by atoms with E-state index in [1.807, 2.05) is 0 Å². The van der Waals surface area contributed by atoms with Crippen molar-refractivity contribution in [2.45, 2.75) is 211 Å². The molecule has 0 N–H and O–H groups in total. The lowest BCUT2D eigenvalue weighted by molar-refractivity contribution is 0.568. The van der Waals surface area contributed by atoms with E-state index in [1.165, 1.54) is 183 Å². The Bertz CT molecular complexity index is 4300. The summed E-state index contributed by atoms with van der Waals surface area (Å²) < 4.78 is 0. The maximum absolute atomic E-state index is 2.59. The maximum atomic E-state index is 2.59. The zero-order valence-corrected chi connectivity index (χ0v) is 57.1. The number of hydrogen-bond donors (Lipinski definition) is 0. The molecule has 0 radical (unpaired) electrons. The first-order valence-electron chi connectivity index (χ1n) is 32.2. The van der Waals surface area contributed by atoms with Crippen molar-refractivity contribution in [3.63, 3.8) is 0 Å². The van der Waals surface area contributed by atoms with Crippen LogP contribution in [0.4, 0.5) is 0 Å². The molecule has 0 heteroatoms. The summed E-state index contributed by atoms with van der Waals surface area (Å²) in [5.41, 5.74) is 36.0. The van der Waals surface area contributed by atoms with E-state index >= 15 is 0 Å². The fourth-order valence-corrected chi connectivity index (χ4v) is 14.8. The molecule has 2 aliphatic rings. The van der Waals surface area contributed by atoms with Gasteiger partial charge in [-0.3, -0.25) is 0 Å². The van der Waals surface area contributed by atoms with Crippen molar-refractivity contribution in [3.05, 3.63) is 189 Å². The van der Waals surface area contributed by atoms with Crippen LogP contribution in [0.3, 0.4) is 0 Å². The van der Waals surface area contributed by atoms with Gasteiger partial charge in [0.1, 0.15) is 0 Å². The molecule has 0 bridgehead atoms. The fraction of sp³-hybridized carbons (Fsp3) is 0.372. The van der Waals surface area contributed by atoms with E-state index in [-0.39, 0.29) is 37.9 Å². The highest BCUT2D eigenvalue weighted by Gasteiger charge is 2.40. The molecule has 0 saturated heterocycles. The molecule has 10 aromatic rings. The smallest absolute Gasteiger partial charge is 0.000720 e. The number of aryl methyl sites for hydroxylation is 4. The summed E-state index contributed by atoms with van der Waals surface area (Å²) in [4.78, 5) is 0. The first-order valence-corrected chi connectivity index (χ1v) is 32.2. The molecule has 0 nitrogen and oxygen atoms in total. The topological polar surface area (TPSA) is 0 Å². The van der Waals surface area contributed by atoms with E-state index in [2.05, 4.69) is 300 Å². The molecule has 0 unspecified atom stereocenters. The Morgan fingerprint density at radius 1 is 0.198 bits per heavy atom. The van der Waals surface area contributed by atoms with Crippen molar-refractivity contribution in [1.82, 2.24) is 0 Å². The molecule has 2 aliphatic carbocycles. The van der Waals surface area contributed by atoms with Gasteiger partial charge in [0.05, 0.1) is 0 Å². The Morgan fingerprint density at radius 2 is 0.453 bits per heavy atom. The number of rotatable bonds is 4. The van der Waals surface area contributed by atoms with Gasteiger partial charge >= 0.3 is 0 Å². The quantitative estimate of drug-likeness (QED) is 0.165. The molecular formula is C86H96. The van der Waals surface area contributed by atoms with E-state index in [4.69, 9.17) is 0 Å². The molecule has 86 heavy (non-hydrogen) atoms. The highest BCUT2D eigenvalue weighted by atomic mass is 14.4. The largest absolute Gasteiger partial charge is 0.0616 e. The molecular weight excluding hydrogens is 1030 g/mol. The minimum atomic E-state index is -0.0681. The second-order valence-electron chi connectivity index (χ2n) is 33.7. The maximum Gasteiger partial charge on any atom is -0.000720 e. The van der Waals surface area contributed by atoms with Crippen LogP contribution in [0.1, 0.15) is 207 Å². The molecule has 10 aromatic carbocycles. The number of fused-ring (bicyclic) bond motifs is 8. The number of hydrogen-bond acceptors (Lipinski definition) is 0. The summed E-state index contributed by atoms with van der Waals surface area (Å²) >= 11 is 0. The number of benzene rings is 10. The lowest BCUT2D eigenvalue weighted by Gasteiger charge is -2.29. The van der Waals surface area contributed by atoms with Crippen LogP contribution < -0.4 is 0 Å². The summed E-state index contributed by atoms with van der Waals surface area (Å²) in [7, 11) is 0. The Hall–Kier alpha value is -7.02. The predicted octanol–water partition coefficient (Wildman–Crippen LogP) is 25.4. The van der Waals surface area contributed by atoms with Crippen molar-refractivity contribution < 1.29 is 0 Å². The third-order valence-corrected chi connectivity index (χ3v) is 19.8. The van der Waals surface area contributed by atoms with Crippen LogP contribution in [0.15, 0.2) is 127 Å². The normalized spacial score (nSPS) is 13.6. The average molecular weight is 1130 g/mol. The summed E-state index contributed by atoms with van der Waals surface area (Å²) in [6.07, 6.45) is 0. The van der Waals surface area contributed by atoms with Crippen LogP contribution in [0, 0.1) is 27.7 Å². The minimum Gasteiger partial charge on any atom is -0.0616 e. The summed E-state index contributed by atoms with van der Waals surface area (Å²) in [6, 6.07) is 52.4. The highest BCUT2D eigenvalue weighted by Crippen LogP contribution is 2.65. The van der Waals surface area contributed by atoms with Gasteiger partial charge in [0.2, 0.25) is 0 Å². The van der Waals surface area contributed by atoms with Gasteiger partial charge in [0, 0.05) is 0 Å². The zero-order valence-electron chi connectivity index (χ0n) is 57.1. The molecule has 0 heterocycles. The van der Waals surface area contributed by atoms with Crippen molar-refractivity contribution >= 4 is 32.3 Å². The van der Waals surface area contributed by atoms with Gasteiger partial charge in [-0.1, -0.05) is 267 Å². The second kappa shape index (κ2) is 19.2. The summed E-state index contributed by atoms with van der Waals surface area (Å²) in [5, 5.41) is 8.01. The standard InChI is InChI=1S/C86H96/c1-47-36-54(81(8,9)10)37-48(2)68(47)74-62-31-30-53(80(5,6)7)46-67(62)79(69-49(3)38-55(39-50(69)4)82(11,12)13)78-66-35-33-64-72-63(32-34-65(73(66)72)77(74)78)75-70(51-40-56(83(14,15)16)44-57(41-51)84(17,18)19)60-28-26-27-29-61(60)71(76(64)75)52-42-58(85(20,21)22)45-59(43-52)86(23,24)25/h26-46H,1-25H3. The molecule has 0 atom stereocenters. The first-order chi connectivity index (χ1) is 39.7. The van der Waals surface area contributed by atoms with E-state index < -0.39 is 0 Å². The Morgan fingerprint density at radius 3 is 0.744 bits per heavy atom. The van der Waals surface area contributed by atoms with Gasteiger partial charge in [-0.05, 0) is 254 Å². The second-order valence-corrected chi connectivity index (χ2v) is 33.7. The predicted molar refractivity (Wildman–Crippen MR) is 379 cm³/mol. The van der Waals surface area contributed by atoms with Gasteiger partial charge < -0.3 is 0 Å². The van der Waals surface area contributed by atoms with Crippen LogP contribution >= 0.6 is 0 Å². The molecule has 12 rings (SSSR count). The van der Waals surface area contributed by atoms with Crippen LogP contribution in [-0.2, 0) is 37.9 Å². The first kappa shape index (κ1) is 59.3. The van der Waals surface area contributed by atoms with Gasteiger partial charge in [0.15, 0.2) is 0 Å². The average Bonchev–Trinajstić information content (AvgIpc) is 1.51. The van der Waals surface area contributed by atoms with Gasteiger partial charge in [-0.25, -0.2) is 0 Å². The Kier molecular flexibility index (Phi) is 13.3. The van der Waals surface area contributed by atoms with Gasteiger partial charge in [0.25, 0.3) is 0 Å². The van der Waals surface area contributed by atoms with Crippen LogP contribution in [0.25, 0.3) is 121 Å².